The van der Waals surface area contributed by atoms with Crippen LogP contribution in [0.1, 0.15) is 17.5 Å². The van der Waals surface area contributed by atoms with Crippen LogP contribution in [0, 0.1) is 5.41 Å². The smallest absolute Gasteiger partial charge is 0.312 e. The summed E-state index contributed by atoms with van der Waals surface area (Å²) in [4.78, 5) is 20.5. The van der Waals surface area contributed by atoms with Gasteiger partial charge in [-0.25, -0.2) is 4.98 Å². The van der Waals surface area contributed by atoms with Crippen molar-refractivity contribution in [3.63, 3.8) is 0 Å². The first-order valence-corrected chi connectivity index (χ1v) is 9.21. The van der Waals surface area contributed by atoms with Gasteiger partial charge in [0, 0.05) is 33.4 Å². The molecule has 1 aliphatic heterocycles. The highest BCUT2D eigenvalue weighted by Gasteiger charge is 2.48. The number of aliphatic hydroxyl groups is 1. The molecule has 2 aromatic rings. The number of carbonyl (C=O) groups is 1. The third kappa shape index (κ3) is 4.28. The van der Waals surface area contributed by atoms with Crippen LogP contribution in [-0.2, 0) is 17.8 Å². The van der Waals surface area contributed by atoms with Crippen LogP contribution in [0.4, 0.5) is 5.82 Å². The monoisotopic (exact) mass is 369 g/mol. The number of carboxylic acids is 1. The fraction of sp³-hybridized carbons (Fsp3) is 0.429. The maximum Gasteiger partial charge on any atom is 0.312 e. The van der Waals surface area contributed by atoms with Gasteiger partial charge < -0.3 is 15.1 Å². The Labute approximate surface area is 160 Å². The van der Waals surface area contributed by atoms with Gasteiger partial charge >= 0.3 is 5.97 Å². The number of aliphatic carboxylic acids is 1. The topological polar surface area (TPSA) is 76.9 Å². The van der Waals surface area contributed by atoms with Gasteiger partial charge in [0.25, 0.3) is 0 Å². The number of nitrogens with zero attached hydrogens (tertiary/aromatic N) is 3. The summed E-state index contributed by atoms with van der Waals surface area (Å²) in [5, 5.41) is 20.7. The molecule has 0 bridgehead atoms. The van der Waals surface area contributed by atoms with Crippen molar-refractivity contribution in [2.45, 2.75) is 25.5 Å². The molecule has 27 heavy (non-hydrogen) atoms. The SMILES string of the molecule is CN(C)c1ccc(CN2CC[C@](Cc3ccccc3)(C(=O)O)[C@@H](O)C2)cn1. The van der Waals surface area contributed by atoms with Gasteiger partial charge in [0.1, 0.15) is 11.2 Å². The molecule has 6 nitrogen and oxygen atoms in total. The summed E-state index contributed by atoms with van der Waals surface area (Å²) in [7, 11) is 3.89. The minimum absolute atomic E-state index is 0.342. The second-order valence-corrected chi connectivity index (χ2v) is 7.54. The van der Waals surface area contributed by atoms with Crippen molar-refractivity contribution >= 4 is 11.8 Å². The first-order valence-electron chi connectivity index (χ1n) is 9.21. The average Bonchev–Trinajstić information content (AvgIpc) is 2.65. The van der Waals surface area contributed by atoms with Gasteiger partial charge in [0.15, 0.2) is 0 Å². The third-order valence-corrected chi connectivity index (χ3v) is 5.40. The van der Waals surface area contributed by atoms with E-state index in [9.17, 15) is 15.0 Å². The lowest BCUT2D eigenvalue weighted by atomic mass is 9.71. The Morgan fingerprint density at radius 2 is 1.96 bits per heavy atom. The van der Waals surface area contributed by atoms with E-state index in [0.717, 1.165) is 16.9 Å². The van der Waals surface area contributed by atoms with Gasteiger partial charge in [0.2, 0.25) is 0 Å². The van der Waals surface area contributed by atoms with Crippen LogP contribution in [0.5, 0.6) is 0 Å². The number of hydrogen-bond acceptors (Lipinski definition) is 5. The lowest BCUT2D eigenvalue weighted by Crippen LogP contribution is -2.55. The quantitative estimate of drug-likeness (QED) is 0.811. The van der Waals surface area contributed by atoms with E-state index in [1.807, 2.05) is 67.7 Å². The third-order valence-electron chi connectivity index (χ3n) is 5.40. The average molecular weight is 369 g/mol. The van der Waals surface area contributed by atoms with Gasteiger partial charge in [-0.3, -0.25) is 9.69 Å². The number of pyridine rings is 1. The number of benzene rings is 1. The fourth-order valence-corrected chi connectivity index (χ4v) is 3.70. The lowest BCUT2D eigenvalue weighted by Gasteiger charge is -2.43. The Bertz CT molecular complexity index is 764. The number of anilines is 1. The number of rotatable bonds is 6. The van der Waals surface area contributed by atoms with Crippen molar-refractivity contribution < 1.29 is 15.0 Å². The van der Waals surface area contributed by atoms with Crippen molar-refractivity contribution in [3.8, 4) is 0 Å². The molecule has 0 spiro atoms. The summed E-state index contributed by atoms with van der Waals surface area (Å²) in [5.74, 6) is -0.0271. The Balaban J connectivity index is 1.68. The first kappa shape index (κ1) is 19.3. The second-order valence-electron chi connectivity index (χ2n) is 7.54. The van der Waals surface area contributed by atoms with E-state index >= 15 is 0 Å². The van der Waals surface area contributed by atoms with E-state index in [-0.39, 0.29) is 0 Å². The molecular formula is C21H27N3O3. The van der Waals surface area contributed by atoms with Crippen LogP contribution >= 0.6 is 0 Å². The van der Waals surface area contributed by atoms with Gasteiger partial charge in [0.05, 0.1) is 6.10 Å². The molecular weight excluding hydrogens is 342 g/mol. The van der Waals surface area contributed by atoms with E-state index in [4.69, 9.17) is 0 Å². The van der Waals surface area contributed by atoms with Gasteiger partial charge in [-0.05, 0) is 36.6 Å². The molecule has 3 rings (SSSR count). The van der Waals surface area contributed by atoms with Crippen LogP contribution < -0.4 is 4.90 Å². The van der Waals surface area contributed by atoms with E-state index in [2.05, 4.69) is 9.88 Å². The van der Waals surface area contributed by atoms with Crippen LogP contribution in [-0.4, -0.2) is 59.4 Å². The summed E-state index contributed by atoms with van der Waals surface area (Å²) < 4.78 is 0. The van der Waals surface area contributed by atoms with Crippen molar-refractivity contribution in [3.05, 3.63) is 59.8 Å². The minimum Gasteiger partial charge on any atom is -0.481 e. The fourth-order valence-electron chi connectivity index (χ4n) is 3.70. The molecule has 1 fully saturated rings. The highest BCUT2D eigenvalue weighted by Crippen LogP contribution is 2.36. The first-order chi connectivity index (χ1) is 12.9. The molecule has 0 amide bonds. The van der Waals surface area contributed by atoms with Gasteiger partial charge in [-0.1, -0.05) is 36.4 Å². The maximum absolute atomic E-state index is 12.1. The molecule has 144 valence electrons. The summed E-state index contributed by atoms with van der Waals surface area (Å²) in [6, 6.07) is 13.5. The lowest BCUT2D eigenvalue weighted by molar-refractivity contribution is -0.163. The molecule has 2 N–H and O–H groups in total. The van der Waals surface area contributed by atoms with Crippen LogP contribution in [0.2, 0.25) is 0 Å². The van der Waals surface area contributed by atoms with Crippen molar-refractivity contribution in [2.75, 3.05) is 32.1 Å². The largest absolute Gasteiger partial charge is 0.481 e. The number of likely N-dealkylation sites (tertiary alicyclic amines) is 1. The number of hydrogen-bond donors (Lipinski definition) is 2. The van der Waals surface area contributed by atoms with Gasteiger partial charge in [-0.2, -0.15) is 0 Å². The molecule has 0 aliphatic carbocycles. The maximum atomic E-state index is 12.1. The van der Waals surface area contributed by atoms with E-state index in [0.29, 0.717) is 32.5 Å². The predicted molar refractivity (Wildman–Crippen MR) is 105 cm³/mol. The minimum atomic E-state index is -1.13. The molecule has 1 aromatic heterocycles. The normalized spacial score (nSPS) is 23.1. The molecule has 1 saturated heterocycles. The number of aliphatic hydroxyl groups excluding tert-OH is 1. The predicted octanol–water partition coefficient (Wildman–Crippen LogP) is 2.03. The van der Waals surface area contributed by atoms with Gasteiger partial charge in [-0.15, -0.1) is 0 Å². The zero-order chi connectivity index (χ0) is 19.4. The van der Waals surface area contributed by atoms with E-state index < -0.39 is 17.5 Å². The van der Waals surface area contributed by atoms with E-state index in [1.54, 1.807) is 0 Å². The molecule has 0 saturated carbocycles. The van der Waals surface area contributed by atoms with Crippen LogP contribution in [0.3, 0.4) is 0 Å². The molecule has 6 heteroatoms. The highest BCUT2D eigenvalue weighted by molar-refractivity contribution is 5.76. The molecule has 0 radical (unpaired) electrons. The summed E-state index contributed by atoms with van der Waals surface area (Å²) in [6.07, 6.45) is 1.68. The number of piperidine rings is 1. The van der Waals surface area contributed by atoms with Crippen LogP contribution in [0.25, 0.3) is 0 Å². The molecule has 1 aliphatic rings. The highest BCUT2D eigenvalue weighted by atomic mass is 16.4. The Morgan fingerprint density at radius 1 is 1.22 bits per heavy atom. The number of aromatic nitrogens is 1. The zero-order valence-electron chi connectivity index (χ0n) is 15.9. The molecule has 2 heterocycles. The summed E-state index contributed by atoms with van der Waals surface area (Å²) >= 11 is 0. The Kier molecular flexibility index (Phi) is 5.77. The Hall–Kier alpha value is -2.44. The molecule has 2 atom stereocenters. The second kappa shape index (κ2) is 8.06. The molecule has 1 aromatic carbocycles. The summed E-state index contributed by atoms with van der Waals surface area (Å²) in [6.45, 7) is 1.62. The number of carboxylic acid groups (broad SMARTS) is 1. The van der Waals surface area contributed by atoms with Crippen LogP contribution in [0.15, 0.2) is 48.7 Å². The van der Waals surface area contributed by atoms with E-state index in [1.165, 1.54) is 0 Å². The van der Waals surface area contributed by atoms with Crippen molar-refractivity contribution in [2.24, 2.45) is 5.41 Å². The standard InChI is InChI=1S/C21H27N3O3/c1-23(2)19-9-8-17(13-22-19)14-24-11-10-21(20(26)27,18(25)15-24)12-16-6-4-3-5-7-16/h3-9,13,18,25H,10-12,14-15H2,1-2H3,(H,26,27)/t18-,21+/m0/s1. The summed E-state index contributed by atoms with van der Waals surface area (Å²) in [5.41, 5.74) is 0.861. The molecule has 0 unspecified atom stereocenters. The van der Waals surface area contributed by atoms with Crippen molar-refractivity contribution in [1.82, 2.24) is 9.88 Å². The van der Waals surface area contributed by atoms with Crippen molar-refractivity contribution in [1.29, 1.82) is 0 Å². The number of β-amino-alcohol motifs (C(OH)–C–C–N with tert-alkyl or cyclic N) is 1. The Morgan fingerprint density at radius 3 is 2.52 bits per heavy atom. The zero-order valence-corrected chi connectivity index (χ0v) is 15.9.